The van der Waals surface area contributed by atoms with Crippen molar-refractivity contribution in [2.45, 2.75) is 83.0 Å². The number of nitrogens with two attached hydrogens (primary N) is 3. The van der Waals surface area contributed by atoms with Gasteiger partial charge in [-0.3, -0.25) is 19.2 Å². The molecule has 15 heteroatoms. The molecule has 15 nitrogen and oxygen atoms in total. The van der Waals surface area contributed by atoms with Crippen molar-refractivity contribution in [3.05, 3.63) is 107 Å². The zero-order valence-electron chi connectivity index (χ0n) is 36.7. The number of benzene rings is 4. The number of carbonyl (C=O) groups is 5. The van der Waals surface area contributed by atoms with Crippen molar-refractivity contribution >= 4 is 29.6 Å². The fourth-order valence-electron chi connectivity index (χ4n) is 7.42. The lowest BCUT2D eigenvalue weighted by atomic mass is 9.86. The van der Waals surface area contributed by atoms with Gasteiger partial charge in [0.25, 0.3) is 5.91 Å². The van der Waals surface area contributed by atoms with E-state index >= 15 is 0 Å². The molecule has 0 radical (unpaired) electrons. The van der Waals surface area contributed by atoms with Crippen molar-refractivity contribution in [2.75, 3.05) is 39.9 Å². The molecule has 0 spiro atoms. The fourth-order valence-corrected chi connectivity index (χ4v) is 7.42. The minimum atomic E-state index is -1.36. The SMILES string of the molecule is CC1NC(=O)C(N(C)C(=O)C(CCCCN)NC(=O)c2ccc(-c3ccc(C(C)(C)C)cc3)cc2)c2ccc(OCCN)c(c2)-c2cc(ccc2OCCN)CC(C(=O)O)NC1=O. The number of rotatable bonds is 16. The van der Waals surface area contributed by atoms with Gasteiger partial charge in [0.05, 0.1) is 0 Å². The van der Waals surface area contributed by atoms with Crippen LogP contribution < -0.4 is 42.6 Å². The molecule has 63 heavy (non-hydrogen) atoms. The Morgan fingerprint density at radius 1 is 0.794 bits per heavy atom. The quantitative estimate of drug-likeness (QED) is 0.0793. The second kappa shape index (κ2) is 21.7. The van der Waals surface area contributed by atoms with E-state index in [2.05, 4.69) is 61.0 Å². The average molecular weight is 864 g/mol. The van der Waals surface area contributed by atoms with Gasteiger partial charge >= 0.3 is 5.97 Å². The first-order valence-electron chi connectivity index (χ1n) is 21.3. The highest BCUT2D eigenvalue weighted by atomic mass is 16.5. The predicted molar refractivity (Wildman–Crippen MR) is 242 cm³/mol. The van der Waals surface area contributed by atoms with Crippen LogP contribution in [-0.4, -0.2) is 97.6 Å². The molecule has 5 rings (SSSR count). The highest BCUT2D eigenvalue weighted by Gasteiger charge is 2.36. The van der Waals surface area contributed by atoms with Crippen molar-refractivity contribution in [3.63, 3.8) is 0 Å². The number of hydrogen-bond donors (Lipinski definition) is 7. The molecule has 0 saturated carbocycles. The van der Waals surface area contributed by atoms with Gasteiger partial charge < -0.3 is 52.6 Å². The number of nitrogens with zero attached hydrogens (tertiary/aromatic N) is 1. The molecule has 1 heterocycles. The van der Waals surface area contributed by atoms with Gasteiger partial charge in [0, 0.05) is 43.2 Å². The number of ether oxygens (including phenoxy) is 2. The van der Waals surface area contributed by atoms with E-state index in [-0.39, 0.29) is 44.6 Å². The molecule has 4 aromatic carbocycles. The Hall–Kier alpha value is -6.29. The third-order valence-corrected chi connectivity index (χ3v) is 11.0. The third kappa shape index (κ3) is 12.2. The van der Waals surface area contributed by atoms with E-state index < -0.39 is 53.8 Å². The molecule has 0 saturated heterocycles. The summed E-state index contributed by atoms with van der Waals surface area (Å²) >= 11 is 0. The highest BCUT2D eigenvalue weighted by Crippen LogP contribution is 2.40. The number of carboxylic acid groups (broad SMARTS) is 1. The lowest BCUT2D eigenvalue weighted by Gasteiger charge is -2.32. The summed E-state index contributed by atoms with van der Waals surface area (Å²) in [5, 5.41) is 18.3. The van der Waals surface area contributed by atoms with Crippen molar-refractivity contribution in [3.8, 4) is 33.8 Å². The lowest BCUT2D eigenvalue weighted by molar-refractivity contribution is -0.143. The number of likely N-dealkylation sites (N-methyl/N-ethyl adjacent to an activating group) is 1. The minimum absolute atomic E-state index is 0.00833. The van der Waals surface area contributed by atoms with Gasteiger partial charge in [-0.05, 0) is 102 Å². The molecule has 1 aliphatic rings. The van der Waals surface area contributed by atoms with E-state index in [1.54, 1.807) is 48.5 Å². The Morgan fingerprint density at radius 2 is 1.38 bits per heavy atom. The van der Waals surface area contributed by atoms with Gasteiger partial charge in [-0.25, -0.2) is 4.79 Å². The van der Waals surface area contributed by atoms with Crippen LogP contribution in [0.4, 0.5) is 0 Å². The number of hydrogen-bond acceptors (Lipinski definition) is 10. The Balaban J connectivity index is 1.55. The van der Waals surface area contributed by atoms with Crippen LogP contribution in [0, 0.1) is 0 Å². The predicted octanol–water partition coefficient (Wildman–Crippen LogP) is 4.05. The summed E-state index contributed by atoms with van der Waals surface area (Å²) in [6.07, 6.45) is 1.22. The van der Waals surface area contributed by atoms with Crippen LogP contribution in [-0.2, 0) is 31.0 Å². The van der Waals surface area contributed by atoms with E-state index in [0.29, 0.717) is 58.7 Å². The Labute approximate surface area is 369 Å². The second-order valence-corrected chi connectivity index (χ2v) is 16.8. The number of carboxylic acids is 1. The number of amides is 4. The summed E-state index contributed by atoms with van der Waals surface area (Å²) in [6.45, 7) is 8.97. The molecule has 4 amide bonds. The van der Waals surface area contributed by atoms with Crippen LogP contribution in [0.3, 0.4) is 0 Å². The van der Waals surface area contributed by atoms with Crippen LogP contribution in [0.15, 0.2) is 84.9 Å². The van der Waals surface area contributed by atoms with Crippen molar-refractivity contribution < 1.29 is 38.6 Å². The van der Waals surface area contributed by atoms with E-state index in [1.807, 2.05) is 12.1 Å². The number of carbonyl (C=O) groups excluding carboxylic acids is 4. The Morgan fingerprint density at radius 3 is 1.95 bits per heavy atom. The molecule has 4 unspecified atom stereocenters. The first-order valence-corrected chi connectivity index (χ1v) is 21.3. The fraction of sp³-hybridized carbons (Fsp3) is 0.396. The van der Waals surface area contributed by atoms with Crippen molar-refractivity contribution in [1.29, 1.82) is 0 Å². The monoisotopic (exact) mass is 863 g/mol. The topological polar surface area (TPSA) is 241 Å². The summed E-state index contributed by atoms with van der Waals surface area (Å²) < 4.78 is 12.1. The maximum atomic E-state index is 14.7. The number of nitrogens with one attached hydrogen (secondary N) is 3. The molecule has 4 aromatic rings. The van der Waals surface area contributed by atoms with Gasteiger partial charge in [-0.15, -0.1) is 0 Å². The van der Waals surface area contributed by atoms with Crippen molar-refractivity contribution in [2.24, 2.45) is 17.2 Å². The Kier molecular flexibility index (Phi) is 16.4. The summed E-state index contributed by atoms with van der Waals surface area (Å²) in [7, 11) is 1.46. The van der Waals surface area contributed by atoms with Gasteiger partial charge in [-0.2, -0.15) is 0 Å². The summed E-state index contributed by atoms with van der Waals surface area (Å²) in [5.41, 5.74) is 22.8. The summed E-state index contributed by atoms with van der Waals surface area (Å²) in [6, 6.07) is 20.5. The smallest absolute Gasteiger partial charge is 0.326 e. The van der Waals surface area contributed by atoms with Crippen LogP contribution in [0.1, 0.15) is 80.0 Å². The summed E-state index contributed by atoms with van der Waals surface area (Å²) in [5.74, 6) is -3.02. The molecule has 0 aliphatic carbocycles. The first-order chi connectivity index (χ1) is 30.1. The zero-order chi connectivity index (χ0) is 45.8. The number of fused-ring (bicyclic) bond motifs is 5. The van der Waals surface area contributed by atoms with E-state index in [4.69, 9.17) is 26.7 Å². The maximum Gasteiger partial charge on any atom is 0.326 e. The molecule has 4 atom stereocenters. The van der Waals surface area contributed by atoms with E-state index in [9.17, 15) is 29.1 Å². The minimum Gasteiger partial charge on any atom is -0.492 e. The van der Waals surface area contributed by atoms with Crippen LogP contribution in [0.25, 0.3) is 22.3 Å². The molecule has 4 bridgehead atoms. The average Bonchev–Trinajstić information content (AvgIpc) is 3.26. The van der Waals surface area contributed by atoms with E-state index in [1.165, 1.54) is 24.4 Å². The molecule has 0 fully saturated rings. The molecular weight excluding hydrogens is 803 g/mol. The number of aliphatic carboxylic acids is 1. The van der Waals surface area contributed by atoms with Crippen LogP contribution in [0.2, 0.25) is 0 Å². The Bertz CT molecular complexity index is 2240. The van der Waals surface area contributed by atoms with Gasteiger partial charge in [0.2, 0.25) is 17.7 Å². The third-order valence-electron chi connectivity index (χ3n) is 11.0. The standard InChI is InChI=1S/C48H61N7O8/c1-29-43(56)54-39(47(60)61)27-30-9-19-40(62-24-22-50)36(26-30)37-28-34(16-20-41(37)63-25-23-51)42(45(58)52-29)55(5)46(59)38(8-6-7-21-49)53-44(57)33-12-10-31(11-13-33)32-14-17-35(18-15-32)48(2,3)4/h9-20,26,28-29,38-39,42H,6-8,21-25,27,49-51H2,1-5H3,(H,52,58)(H,53,57)(H,54,56)(H,60,61). The molecular formula is C48H61N7O8. The number of unbranched alkanes of at least 4 members (excludes halogenated alkanes) is 1. The molecule has 1 aliphatic heterocycles. The first kappa shape index (κ1) is 47.8. The summed E-state index contributed by atoms with van der Waals surface area (Å²) in [4.78, 5) is 70.2. The van der Waals surface area contributed by atoms with E-state index in [0.717, 1.165) is 11.1 Å². The lowest BCUT2D eigenvalue weighted by Crippen LogP contribution is -2.54. The maximum absolute atomic E-state index is 14.7. The normalized spacial score (nSPS) is 17.0. The van der Waals surface area contributed by atoms with Gasteiger partial charge in [0.15, 0.2) is 0 Å². The highest BCUT2D eigenvalue weighted by molar-refractivity contribution is 5.99. The van der Waals surface area contributed by atoms with Crippen molar-refractivity contribution in [1.82, 2.24) is 20.9 Å². The van der Waals surface area contributed by atoms with Gasteiger partial charge in [0.1, 0.15) is 48.9 Å². The molecule has 10 N–H and O–H groups in total. The van der Waals surface area contributed by atoms with Crippen LogP contribution in [0.5, 0.6) is 11.5 Å². The van der Waals surface area contributed by atoms with Crippen LogP contribution >= 0.6 is 0 Å². The largest absolute Gasteiger partial charge is 0.492 e. The zero-order valence-corrected chi connectivity index (χ0v) is 36.7. The molecule has 0 aromatic heterocycles. The molecule has 336 valence electrons. The van der Waals surface area contributed by atoms with Gasteiger partial charge in [-0.1, -0.05) is 69.3 Å². The second-order valence-electron chi connectivity index (χ2n) is 16.8.